The fourth-order valence-electron chi connectivity index (χ4n) is 3.12. The summed E-state index contributed by atoms with van der Waals surface area (Å²) in [5.41, 5.74) is 0.604. The minimum absolute atomic E-state index is 0.147. The number of anilines is 1. The van der Waals surface area contributed by atoms with Gasteiger partial charge in [0.1, 0.15) is 13.2 Å². The summed E-state index contributed by atoms with van der Waals surface area (Å²) in [5.74, 6) is 1.03. The molecule has 1 aromatic rings. The van der Waals surface area contributed by atoms with Crippen molar-refractivity contribution >= 4 is 11.6 Å². The summed E-state index contributed by atoms with van der Waals surface area (Å²) in [7, 11) is 0. The van der Waals surface area contributed by atoms with Gasteiger partial charge in [0, 0.05) is 24.8 Å². The lowest BCUT2D eigenvalue weighted by atomic mass is 10.2. The molecule has 0 aromatic heterocycles. The number of amides is 1. The number of hydrogen-bond acceptors (Lipinski definition) is 5. The topological polar surface area (TPSA) is 54.0 Å². The molecule has 0 radical (unpaired) electrons. The van der Waals surface area contributed by atoms with Crippen LogP contribution in [-0.2, 0) is 4.79 Å². The third-order valence-electron chi connectivity index (χ3n) is 4.28. The van der Waals surface area contributed by atoms with Gasteiger partial charge >= 0.3 is 6.18 Å². The molecule has 0 aliphatic carbocycles. The highest BCUT2D eigenvalue weighted by molar-refractivity contribution is 5.92. The monoisotopic (exact) mass is 373 g/mol. The Kier molecular flexibility index (Phi) is 5.87. The lowest BCUT2D eigenvalue weighted by Crippen LogP contribution is -2.39. The van der Waals surface area contributed by atoms with Gasteiger partial charge < -0.3 is 14.8 Å². The summed E-state index contributed by atoms with van der Waals surface area (Å²) < 4.78 is 48.4. The second-order valence-corrected chi connectivity index (χ2v) is 6.43. The number of benzene rings is 1. The molecule has 1 N–H and O–H groups in total. The number of carbonyl (C=O) groups excluding carboxylic acids is 1. The molecule has 1 saturated heterocycles. The lowest BCUT2D eigenvalue weighted by Gasteiger charge is -2.22. The molecule has 0 bridgehead atoms. The number of hydrogen-bond donors (Lipinski definition) is 1. The molecule has 3 rings (SSSR count). The molecule has 9 heteroatoms. The maximum atomic E-state index is 12.5. The summed E-state index contributed by atoms with van der Waals surface area (Å²) in [6.07, 6.45) is -3.59. The first-order valence-corrected chi connectivity index (χ1v) is 8.60. The Morgan fingerprint density at radius 3 is 2.50 bits per heavy atom. The van der Waals surface area contributed by atoms with E-state index in [1.54, 1.807) is 18.2 Å². The van der Waals surface area contributed by atoms with E-state index in [1.807, 2.05) is 4.90 Å². The van der Waals surface area contributed by atoms with Gasteiger partial charge in [0.2, 0.25) is 5.91 Å². The number of fused-ring (bicyclic) bond motifs is 1. The fraction of sp³-hybridized carbons (Fsp3) is 0.588. The molecule has 0 unspecified atom stereocenters. The molecule has 0 spiro atoms. The zero-order chi connectivity index (χ0) is 18.6. The van der Waals surface area contributed by atoms with Gasteiger partial charge in [-0.05, 0) is 31.6 Å². The van der Waals surface area contributed by atoms with Crippen LogP contribution in [0.5, 0.6) is 11.5 Å². The molecule has 1 fully saturated rings. The Morgan fingerprint density at radius 2 is 1.73 bits per heavy atom. The van der Waals surface area contributed by atoms with Crippen molar-refractivity contribution < 1.29 is 27.4 Å². The number of alkyl halides is 3. The Morgan fingerprint density at radius 1 is 1.04 bits per heavy atom. The summed E-state index contributed by atoms with van der Waals surface area (Å²) in [6, 6.07) is 5.18. The van der Waals surface area contributed by atoms with Crippen molar-refractivity contribution in [3.63, 3.8) is 0 Å². The number of ether oxygens (including phenoxy) is 2. The second-order valence-electron chi connectivity index (χ2n) is 6.43. The smallest absolute Gasteiger partial charge is 0.401 e. The average Bonchev–Trinajstić information content (AvgIpc) is 2.78. The van der Waals surface area contributed by atoms with Gasteiger partial charge in [0.25, 0.3) is 0 Å². The Bertz CT molecular complexity index is 639. The van der Waals surface area contributed by atoms with Gasteiger partial charge in [-0.1, -0.05) is 0 Å². The summed E-state index contributed by atoms with van der Waals surface area (Å²) >= 11 is 0. The summed E-state index contributed by atoms with van der Waals surface area (Å²) in [4.78, 5) is 15.5. The second kappa shape index (κ2) is 8.13. The predicted octanol–water partition coefficient (Wildman–Crippen LogP) is 1.97. The predicted molar refractivity (Wildman–Crippen MR) is 89.6 cm³/mol. The molecule has 26 heavy (non-hydrogen) atoms. The van der Waals surface area contributed by atoms with E-state index in [-0.39, 0.29) is 12.5 Å². The van der Waals surface area contributed by atoms with Crippen molar-refractivity contribution in [2.75, 3.05) is 57.8 Å². The molecule has 144 valence electrons. The van der Waals surface area contributed by atoms with Crippen LogP contribution in [0.15, 0.2) is 18.2 Å². The summed E-state index contributed by atoms with van der Waals surface area (Å²) in [6.45, 7) is 1.94. The quantitative estimate of drug-likeness (QED) is 0.875. The van der Waals surface area contributed by atoms with Crippen molar-refractivity contribution in [3.8, 4) is 11.5 Å². The van der Waals surface area contributed by atoms with E-state index >= 15 is 0 Å². The Hall–Kier alpha value is -2.00. The molecular weight excluding hydrogens is 351 g/mol. The molecule has 0 saturated carbocycles. The van der Waals surface area contributed by atoms with E-state index in [4.69, 9.17) is 9.47 Å². The third kappa shape index (κ3) is 5.50. The van der Waals surface area contributed by atoms with Crippen molar-refractivity contribution in [1.29, 1.82) is 0 Å². The first-order chi connectivity index (χ1) is 12.4. The Balaban J connectivity index is 1.49. The van der Waals surface area contributed by atoms with E-state index in [2.05, 4.69) is 5.32 Å². The van der Waals surface area contributed by atoms with E-state index < -0.39 is 12.7 Å². The SMILES string of the molecule is O=C(CN1CCCN(CC(F)(F)F)CC1)Nc1ccc2c(c1)OCCO2. The maximum Gasteiger partial charge on any atom is 0.401 e. The van der Waals surface area contributed by atoms with Gasteiger partial charge in [-0.2, -0.15) is 13.2 Å². The standard InChI is InChI=1S/C17H22F3N3O3/c18-17(19,20)12-23-5-1-4-22(6-7-23)11-16(24)21-13-2-3-14-15(10-13)26-9-8-25-14/h2-3,10H,1,4-9,11-12H2,(H,21,24). The van der Waals surface area contributed by atoms with Crippen LogP contribution in [0, 0.1) is 0 Å². The lowest BCUT2D eigenvalue weighted by molar-refractivity contribution is -0.145. The van der Waals surface area contributed by atoms with Crippen molar-refractivity contribution in [3.05, 3.63) is 18.2 Å². The van der Waals surface area contributed by atoms with Crippen LogP contribution in [-0.4, -0.2) is 74.4 Å². The first-order valence-electron chi connectivity index (χ1n) is 8.60. The molecule has 2 aliphatic rings. The van der Waals surface area contributed by atoms with Crippen LogP contribution < -0.4 is 14.8 Å². The summed E-state index contributed by atoms with van der Waals surface area (Å²) in [5, 5.41) is 2.80. The minimum atomic E-state index is -4.19. The normalized spacial score (nSPS) is 19.0. The Labute approximate surface area is 149 Å². The molecular formula is C17H22F3N3O3. The van der Waals surface area contributed by atoms with Crippen molar-refractivity contribution in [2.24, 2.45) is 0 Å². The number of carbonyl (C=O) groups is 1. The highest BCUT2D eigenvalue weighted by atomic mass is 19.4. The molecule has 6 nitrogen and oxygen atoms in total. The van der Waals surface area contributed by atoms with Gasteiger partial charge in [-0.3, -0.25) is 14.6 Å². The van der Waals surface area contributed by atoms with Gasteiger partial charge in [-0.25, -0.2) is 0 Å². The van der Waals surface area contributed by atoms with Gasteiger partial charge in [0.15, 0.2) is 11.5 Å². The largest absolute Gasteiger partial charge is 0.486 e. The maximum absolute atomic E-state index is 12.5. The van der Waals surface area contributed by atoms with Crippen LogP contribution >= 0.6 is 0 Å². The van der Waals surface area contributed by atoms with Crippen molar-refractivity contribution in [1.82, 2.24) is 9.80 Å². The highest BCUT2D eigenvalue weighted by Gasteiger charge is 2.31. The van der Waals surface area contributed by atoms with Crippen LogP contribution in [0.3, 0.4) is 0 Å². The van der Waals surface area contributed by atoms with Crippen molar-refractivity contribution in [2.45, 2.75) is 12.6 Å². The fourth-order valence-corrected chi connectivity index (χ4v) is 3.12. The van der Waals surface area contributed by atoms with E-state index in [9.17, 15) is 18.0 Å². The average molecular weight is 373 g/mol. The molecule has 0 atom stereocenters. The van der Waals surface area contributed by atoms with Crippen LogP contribution in [0.25, 0.3) is 0 Å². The molecule has 2 aliphatic heterocycles. The minimum Gasteiger partial charge on any atom is -0.486 e. The first kappa shape index (κ1) is 18.8. The molecule has 1 amide bonds. The van der Waals surface area contributed by atoms with E-state index in [0.717, 1.165) is 0 Å². The van der Waals surface area contributed by atoms with Crippen LogP contribution in [0.1, 0.15) is 6.42 Å². The number of nitrogens with zero attached hydrogens (tertiary/aromatic N) is 2. The number of nitrogens with one attached hydrogen (secondary N) is 1. The van der Waals surface area contributed by atoms with Gasteiger partial charge in [0.05, 0.1) is 13.1 Å². The third-order valence-corrected chi connectivity index (χ3v) is 4.28. The highest BCUT2D eigenvalue weighted by Crippen LogP contribution is 2.32. The van der Waals surface area contributed by atoms with Gasteiger partial charge in [-0.15, -0.1) is 0 Å². The molecule has 2 heterocycles. The zero-order valence-electron chi connectivity index (χ0n) is 14.3. The van der Waals surface area contributed by atoms with E-state index in [1.165, 1.54) is 4.90 Å². The van der Waals surface area contributed by atoms with E-state index in [0.29, 0.717) is 63.0 Å². The molecule has 1 aromatic carbocycles. The van der Waals surface area contributed by atoms with Crippen LogP contribution in [0.4, 0.5) is 18.9 Å². The number of rotatable bonds is 4. The number of halogens is 3. The van der Waals surface area contributed by atoms with Crippen LogP contribution in [0.2, 0.25) is 0 Å². The zero-order valence-corrected chi connectivity index (χ0v) is 14.3.